The molecule has 0 bridgehead atoms. The van der Waals surface area contributed by atoms with E-state index in [1.165, 1.54) is 12.8 Å². The quantitative estimate of drug-likeness (QED) is 0.643. The van der Waals surface area contributed by atoms with Crippen LogP contribution in [0.15, 0.2) is 18.2 Å². The molecule has 6 heteroatoms. The minimum Gasteiger partial charge on any atom is -0.383 e. The number of hydrogen-bond acceptors (Lipinski definition) is 5. The molecule has 1 saturated heterocycles. The number of nitrogens with zero attached hydrogens (tertiary/aromatic N) is 3. The van der Waals surface area contributed by atoms with Gasteiger partial charge in [0.25, 0.3) is 5.69 Å². The molecule has 6 nitrogen and oxygen atoms in total. The van der Waals surface area contributed by atoms with Crippen LogP contribution >= 0.6 is 0 Å². The largest absolute Gasteiger partial charge is 0.383 e. The highest BCUT2D eigenvalue weighted by Gasteiger charge is 2.25. The minimum absolute atomic E-state index is 0.132. The van der Waals surface area contributed by atoms with Gasteiger partial charge >= 0.3 is 0 Å². The summed E-state index contributed by atoms with van der Waals surface area (Å²) in [6, 6.07) is 5.93. The number of anilines is 1. The van der Waals surface area contributed by atoms with E-state index in [-0.39, 0.29) is 10.6 Å². The lowest BCUT2D eigenvalue weighted by Gasteiger charge is -2.27. The van der Waals surface area contributed by atoms with Crippen molar-refractivity contribution in [3.05, 3.63) is 33.9 Å². The number of benzene rings is 1. The molecule has 1 aromatic rings. The van der Waals surface area contributed by atoms with Crippen molar-refractivity contribution in [1.29, 1.82) is 0 Å². The fourth-order valence-electron chi connectivity index (χ4n) is 3.01. The first-order chi connectivity index (χ1) is 10.0. The molecule has 1 fully saturated rings. The SMILES string of the molecule is CNc1cc(CN2CCCC2CN(C)C)ccc1[N+](=O)[O-]. The number of nitro groups is 1. The van der Waals surface area contributed by atoms with Gasteiger partial charge in [0.05, 0.1) is 4.92 Å². The second-order valence-corrected chi connectivity index (χ2v) is 5.89. The van der Waals surface area contributed by atoms with Crippen LogP contribution in [0.25, 0.3) is 0 Å². The van der Waals surface area contributed by atoms with E-state index < -0.39 is 0 Å². The molecule has 1 aromatic carbocycles. The van der Waals surface area contributed by atoms with Crippen LogP contribution in [-0.2, 0) is 6.54 Å². The zero-order valence-corrected chi connectivity index (χ0v) is 13.0. The number of rotatable bonds is 6. The molecule has 1 heterocycles. The average Bonchev–Trinajstić information content (AvgIpc) is 2.84. The van der Waals surface area contributed by atoms with Crippen molar-refractivity contribution in [2.24, 2.45) is 0 Å². The Kier molecular flexibility index (Phi) is 5.14. The van der Waals surface area contributed by atoms with Gasteiger partial charge in [0, 0.05) is 32.2 Å². The summed E-state index contributed by atoms with van der Waals surface area (Å²) < 4.78 is 0. The Labute approximate surface area is 125 Å². The van der Waals surface area contributed by atoms with Crippen LogP contribution in [0.5, 0.6) is 0 Å². The molecule has 0 radical (unpaired) electrons. The smallest absolute Gasteiger partial charge is 0.292 e. The summed E-state index contributed by atoms with van der Waals surface area (Å²) in [6.45, 7) is 3.02. The molecule has 0 amide bonds. The molecule has 0 spiro atoms. The van der Waals surface area contributed by atoms with Crippen molar-refractivity contribution in [1.82, 2.24) is 9.80 Å². The van der Waals surface area contributed by atoms with Crippen LogP contribution in [0.3, 0.4) is 0 Å². The van der Waals surface area contributed by atoms with E-state index in [0.29, 0.717) is 11.7 Å². The molecule has 0 saturated carbocycles. The van der Waals surface area contributed by atoms with E-state index in [9.17, 15) is 10.1 Å². The van der Waals surface area contributed by atoms with Gasteiger partial charge in [-0.05, 0) is 45.1 Å². The Morgan fingerprint density at radius 2 is 2.24 bits per heavy atom. The third kappa shape index (κ3) is 3.92. The fraction of sp³-hybridized carbons (Fsp3) is 0.600. The molecule has 1 unspecified atom stereocenters. The van der Waals surface area contributed by atoms with Crippen LogP contribution in [0.4, 0.5) is 11.4 Å². The Morgan fingerprint density at radius 1 is 1.48 bits per heavy atom. The highest BCUT2D eigenvalue weighted by Crippen LogP contribution is 2.27. The van der Waals surface area contributed by atoms with Gasteiger partial charge in [-0.3, -0.25) is 15.0 Å². The Balaban J connectivity index is 2.10. The highest BCUT2D eigenvalue weighted by molar-refractivity contribution is 5.62. The first-order valence-corrected chi connectivity index (χ1v) is 7.35. The number of hydrogen-bond donors (Lipinski definition) is 1. The molecular weight excluding hydrogens is 268 g/mol. The van der Waals surface area contributed by atoms with E-state index in [1.807, 2.05) is 12.1 Å². The van der Waals surface area contributed by atoms with Crippen LogP contribution in [0.2, 0.25) is 0 Å². The summed E-state index contributed by atoms with van der Waals surface area (Å²) in [4.78, 5) is 15.3. The van der Waals surface area contributed by atoms with Gasteiger partial charge in [0.1, 0.15) is 5.69 Å². The van der Waals surface area contributed by atoms with Gasteiger partial charge in [-0.15, -0.1) is 0 Å². The third-order valence-corrected chi connectivity index (χ3v) is 3.99. The maximum absolute atomic E-state index is 11.0. The topological polar surface area (TPSA) is 61.6 Å². The molecule has 2 rings (SSSR count). The van der Waals surface area contributed by atoms with Gasteiger partial charge in [-0.2, -0.15) is 0 Å². The zero-order chi connectivity index (χ0) is 15.4. The maximum Gasteiger partial charge on any atom is 0.292 e. The molecule has 0 aliphatic carbocycles. The van der Waals surface area contributed by atoms with Gasteiger partial charge in [-0.1, -0.05) is 6.07 Å². The monoisotopic (exact) mass is 292 g/mol. The summed E-state index contributed by atoms with van der Waals surface area (Å²) in [5.74, 6) is 0. The number of nitro benzene ring substituents is 1. The van der Waals surface area contributed by atoms with Crippen molar-refractivity contribution in [3.63, 3.8) is 0 Å². The Hall–Kier alpha value is -1.66. The molecule has 1 aliphatic rings. The van der Waals surface area contributed by atoms with Gasteiger partial charge in [0.2, 0.25) is 0 Å². The van der Waals surface area contributed by atoms with E-state index in [2.05, 4.69) is 29.2 Å². The third-order valence-electron chi connectivity index (χ3n) is 3.99. The molecule has 1 aliphatic heterocycles. The van der Waals surface area contributed by atoms with Crippen molar-refractivity contribution in [2.45, 2.75) is 25.4 Å². The molecule has 21 heavy (non-hydrogen) atoms. The normalized spacial score (nSPS) is 19.1. The van der Waals surface area contributed by atoms with Gasteiger partial charge < -0.3 is 10.2 Å². The lowest BCUT2D eigenvalue weighted by Crippen LogP contribution is -2.37. The van der Waals surface area contributed by atoms with E-state index in [1.54, 1.807) is 13.1 Å². The number of likely N-dealkylation sites (N-methyl/N-ethyl adjacent to an activating group) is 1. The van der Waals surface area contributed by atoms with E-state index in [0.717, 1.165) is 25.2 Å². The predicted octanol–water partition coefficient (Wildman–Crippen LogP) is 2.16. The van der Waals surface area contributed by atoms with Crippen molar-refractivity contribution in [3.8, 4) is 0 Å². The molecular formula is C15H24N4O2. The zero-order valence-electron chi connectivity index (χ0n) is 13.0. The summed E-state index contributed by atoms with van der Waals surface area (Å²) >= 11 is 0. The number of likely N-dealkylation sites (tertiary alicyclic amines) is 1. The first-order valence-electron chi connectivity index (χ1n) is 7.35. The van der Waals surface area contributed by atoms with E-state index >= 15 is 0 Å². The molecule has 0 aromatic heterocycles. The van der Waals surface area contributed by atoms with Crippen LogP contribution in [-0.4, -0.2) is 55.0 Å². The van der Waals surface area contributed by atoms with E-state index in [4.69, 9.17) is 0 Å². The van der Waals surface area contributed by atoms with Gasteiger partial charge in [0.15, 0.2) is 0 Å². The maximum atomic E-state index is 11.0. The lowest BCUT2D eigenvalue weighted by atomic mass is 10.1. The van der Waals surface area contributed by atoms with Crippen molar-refractivity contribution >= 4 is 11.4 Å². The molecule has 116 valence electrons. The van der Waals surface area contributed by atoms with Crippen LogP contribution < -0.4 is 5.32 Å². The summed E-state index contributed by atoms with van der Waals surface area (Å²) in [7, 11) is 5.92. The average molecular weight is 292 g/mol. The number of nitrogens with one attached hydrogen (secondary N) is 1. The standard InChI is InChI=1S/C15H24N4O2/c1-16-14-9-12(6-7-15(14)19(20)21)10-18-8-4-5-13(18)11-17(2)3/h6-7,9,13,16H,4-5,8,10-11H2,1-3H3. The van der Waals surface area contributed by atoms with Crippen LogP contribution in [0, 0.1) is 10.1 Å². The Morgan fingerprint density at radius 3 is 2.86 bits per heavy atom. The lowest BCUT2D eigenvalue weighted by molar-refractivity contribution is -0.384. The van der Waals surface area contributed by atoms with Crippen molar-refractivity contribution < 1.29 is 4.92 Å². The predicted molar refractivity (Wildman–Crippen MR) is 84.6 cm³/mol. The summed E-state index contributed by atoms with van der Waals surface area (Å²) in [5.41, 5.74) is 1.84. The Bertz CT molecular complexity index is 504. The second-order valence-electron chi connectivity index (χ2n) is 5.89. The fourth-order valence-corrected chi connectivity index (χ4v) is 3.01. The van der Waals surface area contributed by atoms with Crippen LogP contribution in [0.1, 0.15) is 18.4 Å². The molecule has 1 atom stereocenters. The first kappa shape index (κ1) is 15.7. The van der Waals surface area contributed by atoms with Gasteiger partial charge in [-0.25, -0.2) is 0 Å². The molecule has 1 N–H and O–H groups in total. The second kappa shape index (κ2) is 6.87. The highest BCUT2D eigenvalue weighted by atomic mass is 16.6. The summed E-state index contributed by atoms with van der Waals surface area (Å²) in [5, 5.41) is 13.9. The minimum atomic E-state index is -0.347. The summed E-state index contributed by atoms with van der Waals surface area (Å²) in [6.07, 6.45) is 2.45. The van der Waals surface area contributed by atoms with Crippen molar-refractivity contribution in [2.75, 3.05) is 39.5 Å².